The highest BCUT2D eigenvalue weighted by Gasteiger charge is 2.44. The molecule has 0 radical (unpaired) electrons. The third-order valence-electron chi connectivity index (χ3n) is 11.9. The molecule has 1 aromatic heterocycles. The molecule has 0 aliphatic heterocycles. The van der Waals surface area contributed by atoms with E-state index in [-0.39, 0.29) is 10.8 Å². The summed E-state index contributed by atoms with van der Waals surface area (Å²) in [6, 6.07) is 64.9. The van der Waals surface area contributed by atoms with Gasteiger partial charge in [-0.05, 0) is 74.3 Å². The quantitative estimate of drug-likeness (QED) is 0.166. The second kappa shape index (κ2) is 12.3. The molecule has 2 aliphatic carbocycles. The van der Waals surface area contributed by atoms with Crippen molar-refractivity contribution < 1.29 is 0 Å². The van der Waals surface area contributed by atoms with Crippen molar-refractivity contribution in [1.82, 2.24) is 0 Å². The van der Waals surface area contributed by atoms with Crippen molar-refractivity contribution in [2.24, 2.45) is 0 Å². The van der Waals surface area contributed by atoms with Gasteiger partial charge in [-0.15, -0.1) is 11.3 Å². The summed E-state index contributed by atoms with van der Waals surface area (Å²) in [5.41, 5.74) is 19.0. The highest BCUT2D eigenvalue weighted by atomic mass is 32.1. The Bertz CT molecular complexity index is 2700. The van der Waals surface area contributed by atoms with E-state index in [2.05, 4.69) is 209 Å². The molecule has 0 unspecified atom stereocenters. The summed E-state index contributed by atoms with van der Waals surface area (Å²) >= 11 is 1.94. The first-order valence-corrected chi connectivity index (χ1v) is 19.8. The van der Waals surface area contributed by atoms with Gasteiger partial charge in [0.15, 0.2) is 0 Å². The number of hydrogen-bond donors (Lipinski definition) is 0. The van der Waals surface area contributed by atoms with Crippen molar-refractivity contribution in [3.63, 3.8) is 0 Å². The molecular weight excluding hydrogens is 671 g/mol. The lowest BCUT2D eigenvalue weighted by Crippen LogP contribution is -2.18. The molecule has 0 fully saturated rings. The molecule has 0 saturated carbocycles. The Labute approximate surface area is 322 Å². The molecule has 260 valence electrons. The minimum absolute atomic E-state index is 0.126. The van der Waals surface area contributed by atoms with E-state index in [4.69, 9.17) is 0 Å². The number of rotatable bonds is 6. The van der Waals surface area contributed by atoms with Crippen LogP contribution in [0.15, 0.2) is 176 Å². The lowest BCUT2D eigenvalue weighted by Gasteiger charge is -2.32. The second-order valence-corrected chi connectivity index (χ2v) is 16.7. The second-order valence-electron chi connectivity index (χ2n) is 15.7. The van der Waals surface area contributed by atoms with Crippen LogP contribution < -0.4 is 4.90 Å². The summed E-state index contributed by atoms with van der Waals surface area (Å²) < 4.78 is 0. The van der Waals surface area contributed by atoms with Crippen molar-refractivity contribution in [3.8, 4) is 54.3 Å². The van der Waals surface area contributed by atoms with Crippen LogP contribution in [-0.2, 0) is 10.8 Å². The topological polar surface area (TPSA) is 3.24 Å². The van der Waals surface area contributed by atoms with Gasteiger partial charge in [0, 0.05) is 43.0 Å². The Morgan fingerprint density at radius 1 is 0.389 bits per heavy atom. The molecule has 0 saturated heterocycles. The first-order chi connectivity index (χ1) is 26.3. The number of thiophene rings is 1. The van der Waals surface area contributed by atoms with Crippen LogP contribution in [0.1, 0.15) is 49.9 Å². The molecule has 7 aromatic carbocycles. The van der Waals surface area contributed by atoms with Crippen LogP contribution in [0.2, 0.25) is 0 Å². The molecule has 0 N–H and O–H groups in total. The van der Waals surface area contributed by atoms with Crippen molar-refractivity contribution in [2.75, 3.05) is 4.90 Å². The zero-order valence-electron chi connectivity index (χ0n) is 31.1. The molecule has 0 bridgehead atoms. The molecule has 0 atom stereocenters. The van der Waals surface area contributed by atoms with Crippen LogP contribution in [0.5, 0.6) is 0 Å². The SMILES string of the molecule is CC1(C)c2ccccc2-c2ccc(N(c3ccccc3-c3ccccc3)c3cccc4c3-c3c(-c5ccccc5)sc(-c5ccccc5)c3C4(C)C)cc21. The minimum atomic E-state index is -0.221. The fourth-order valence-electron chi connectivity index (χ4n) is 9.27. The van der Waals surface area contributed by atoms with Gasteiger partial charge in [-0.1, -0.05) is 179 Å². The molecule has 1 nitrogen and oxygen atoms in total. The average molecular weight is 712 g/mol. The van der Waals surface area contributed by atoms with Gasteiger partial charge in [0.1, 0.15) is 0 Å². The van der Waals surface area contributed by atoms with Crippen LogP contribution in [0, 0.1) is 0 Å². The van der Waals surface area contributed by atoms with Crippen LogP contribution in [0.4, 0.5) is 17.1 Å². The number of benzene rings is 7. The van der Waals surface area contributed by atoms with Crippen LogP contribution in [0.25, 0.3) is 54.3 Å². The monoisotopic (exact) mass is 711 g/mol. The maximum atomic E-state index is 2.56. The largest absolute Gasteiger partial charge is 0.309 e. The normalized spacial score (nSPS) is 14.2. The van der Waals surface area contributed by atoms with Gasteiger partial charge >= 0.3 is 0 Å². The fraction of sp³-hybridized carbons (Fsp3) is 0.115. The molecule has 8 aromatic rings. The van der Waals surface area contributed by atoms with Crippen molar-refractivity contribution in [1.29, 1.82) is 0 Å². The number of anilines is 3. The highest BCUT2D eigenvalue weighted by Crippen LogP contribution is 2.63. The van der Waals surface area contributed by atoms with Crippen molar-refractivity contribution in [2.45, 2.75) is 38.5 Å². The Morgan fingerprint density at radius 2 is 0.926 bits per heavy atom. The zero-order chi connectivity index (χ0) is 36.6. The Kier molecular flexibility index (Phi) is 7.44. The molecule has 0 amide bonds. The summed E-state index contributed by atoms with van der Waals surface area (Å²) in [5.74, 6) is 0. The van der Waals surface area contributed by atoms with E-state index in [0.717, 1.165) is 11.4 Å². The number of fused-ring (bicyclic) bond motifs is 6. The smallest absolute Gasteiger partial charge is 0.0544 e. The lowest BCUT2D eigenvalue weighted by atomic mass is 9.81. The zero-order valence-corrected chi connectivity index (χ0v) is 31.9. The predicted molar refractivity (Wildman–Crippen MR) is 230 cm³/mol. The van der Waals surface area contributed by atoms with Crippen molar-refractivity contribution in [3.05, 3.63) is 198 Å². The summed E-state index contributed by atoms with van der Waals surface area (Å²) in [7, 11) is 0. The first kappa shape index (κ1) is 32.7. The minimum Gasteiger partial charge on any atom is -0.309 e. The van der Waals surface area contributed by atoms with E-state index in [1.54, 1.807) is 0 Å². The van der Waals surface area contributed by atoms with Gasteiger partial charge < -0.3 is 4.90 Å². The molecule has 1 heterocycles. The van der Waals surface area contributed by atoms with E-state index in [0.29, 0.717) is 0 Å². The van der Waals surface area contributed by atoms with E-state index >= 15 is 0 Å². The molecule has 0 spiro atoms. The van der Waals surface area contributed by atoms with Gasteiger partial charge in [-0.3, -0.25) is 0 Å². The standard InChI is InChI=1S/C52H41NS/c1-51(2)41-27-16-14-26-39(41)40-32-31-37(33-43(40)51)53(44-29-17-15-25-38(44)34-19-8-5-9-20-34)45-30-18-28-42-46(45)47-48(52(42,3)4)50(36-23-12-7-13-24-36)54-49(47)35-21-10-6-11-22-35/h5-33H,1-4H3. The molecule has 2 aliphatic rings. The third-order valence-corrected chi connectivity index (χ3v) is 13.2. The summed E-state index contributed by atoms with van der Waals surface area (Å²) in [6.45, 7) is 9.60. The van der Waals surface area contributed by atoms with E-state index < -0.39 is 0 Å². The van der Waals surface area contributed by atoms with Gasteiger partial charge in [0.05, 0.1) is 11.4 Å². The Hall–Kier alpha value is -5.96. The van der Waals surface area contributed by atoms with Crippen LogP contribution >= 0.6 is 11.3 Å². The first-order valence-electron chi connectivity index (χ1n) is 18.9. The van der Waals surface area contributed by atoms with Crippen LogP contribution in [-0.4, -0.2) is 0 Å². The van der Waals surface area contributed by atoms with E-state index in [1.165, 1.54) is 82.2 Å². The van der Waals surface area contributed by atoms with E-state index in [1.807, 2.05) is 11.3 Å². The molecule has 2 heteroatoms. The summed E-state index contributed by atoms with van der Waals surface area (Å²) in [5, 5.41) is 0. The Balaban J connectivity index is 1.29. The lowest BCUT2D eigenvalue weighted by molar-refractivity contribution is 0.660. The number of hydrogen-bond acceptors (Lipinski definition) is 2. The van der Waals surface area contributed by atoms with Gasteiger partial charge in [-0.2, -0.15) is 0 Å². The number of nitrogens with zero attached hydrogens (tertiary/aromatic N) is 1. The van der Waals surface area contributed by atoms with E-state index in [9.17, 15) is 0 Å². The average Bonchev–Trinajstić information content (AvgIpc) is 3.81. The number of para-hydroxylation sites is 1. The molecule has 10 rings (SSSR count). The van der Waals surface area contributed by atoms with Crippen LogP contribution in [0.3, 0.4) is 0 Å². The molecule has 54 heavy (non-hydrogen) atoms. The summed E-state index contributed by atoms with van der Waals surface area (Å²) in [4.78, 5) is 5.23. The molecular formula is C52H41NS. The fourth-order valence-corrected chi connectivity index (χ4v) is 10.7. The Morgan fingerprint density at radius 3 is 1.63 bits per heavy atom. The summed E-state index contributed by atoms with van der Waals surface area (Å²) in [6.07, 6.45) is 0. The highest BCUT2D eigenvalue weighted by molar-refractivity contribution is 7.19. The van der Waals surface area contributed by atoms with Gasteiger partial charge in [0.25, 0.3) is 0 Å². The van der Waals surface area contributed by atoms with Gasteiger partial charge in [-0.25, -0.2) is 0 Å². The maximum Gasteiger partial charge on any atom is 0.0544 e. The third kappa shape index (κ3) is 4.83. The van der Waals surface area contributed by atoms with Gasteiger partial charge in [0.2, 0.25) is 0 Å². The predicted octanol–water partition coefficient (Wildman–Crippen LogP) is 14.8. The van der Waals surface area contributed by atoms with Crippen molar-refractivity contribution >= 4 is 28.4 Å². The maximum absolute atomic E-state index is 2.56.